The van der Waals surface area contributed by atoms with Crippen LogP contribution in [-0.2, 0) is 4.74 Å². The zero-order valence-electron chi connectivity index (χ0n) is 13.2. The number of rotatable bonds is 6. The highest BCUT2D eigenvalue weighted by atomic mass is 127. The molecule has 2 rings (SSSR count). The third kappa shape index (κ3) is 4.13. The molecule has 2 aromatic rings. The molecule has 0 aliphatic rings. The number of nitrogens with one attached hydrogen (secondary N) is 1. The Balaban J connectivity index is 2.14. The third-order valence-electron chi connectivity index (χ3n) is 3.36. The van der Waals surface area contributed by atoms with Crippen molar-refractivity contribution >= 4 is 34.3 Å². The number of aryl methyl sites for hydroxylation is 1. The Kier molecular flexibility index (Phi) is 5.81. The lowest BCUT2D eigenvalue weighted by molar-refractivity contribution is 0.0525. The second-order valence-corrected chi connectivity index (χ2v) is 6.26. The fraction of sp³-hybridized carbons (Fsp3) is 0.294. The fourth-order valence-corrected chi connectivity index (χ4v) is 2.83. The van der Waals surface area contributed by atoms with E-state index in [1.54, 1.807) is 26.8 Å². The SMILES string of the molecule is CCOC(=O)c1c(C)[nH]c(C(=O)COc2cccc(I)c2)c1C. The maximum absolute atomic E-state index is 12.4. The Hall–Kier alpha value is -1.83. The Morgan fingerprint density at radius 1 is 1.26 bits per heavy atom. The average Bonchev–Trinajstić information content (AvgIpc) is 2.80. The van der Waals surface area contributed by atoms with Gasteiger partial charge in [0, 0.05) is 9.26 Å². The quantitative estimate of drug-likeness (QED) is 0.434. The van der Waals surface area contributed by atoms with Crippen LogP contribution in [0.5, 0.6) is 5.75 Å². The molecule has 0 aliphatic carbocycles. The van der Waals surface area contributed by atoms with Crippen molar-refractivity contribution in [1.29, 1.82) is 0 Å². The van der Waals surface area contributed by atoms with Crippen LogP contribution in [0.1, 0.15) is 39.0 Å². The summed E-state index contributed by atoms with van der Waals surface area (Å²) in [6, 6.07) is 7.46. The van der Waals surface area contributed by atoms with E-state index in [1.165, 1.54) is 0 Å². The molecule has 1 N–H and O–H groups in total. The molecule has 6 heteroatoms. The van der Waals surface area contributed by atoms with E-state index in [9.17, 15) is 9.59 Å². The molecule has 0 amide bonds. The van der Waals surface area contributed by atoms with E-state index in [0.29, 0.717) is 34.9 Å². The van der Waals surface area contributed by atoms with Crippen LogP contribution < -0.4 is 4.74 Å². The molecule has 0 unspecified atom stereocenters. The molecule has 0 saturated heterocycles. The van der Waals surface area contributed by atoms with E-state index < -0.39 is 5.97 Å². The summed E-state index contributed by atoms with van der Waals surface area (Å²) < 4.78 is 11.6. The van der Waals surface area contributed by atoms with Crippen molar-refractivity contribution in [1.82, 2.24) is 4.98 Å². The molecule has 0 saturated carbocycles. The Bertz CT molecular complexity index is 736. The van der Waals surface area contributed by atoms with Gasteiger partial charge in [0.05, 0.1) is 17.9 Å². The van der Waals surface area contributed by atoms with E-state index in [4.69, 9.17) is 9.47 Å². The number of halogens is 1. The zero-order chi connectivity index (χ0) is 17.0. The van der Waals surface area contributed by atoms with E-state index in [1.807, 2.05) is 18.2 Å². The van der Waals surface area contributed by atoms with Gasteiger partial charge in [0.25, 0.3) is 0 Å². The standard InChI is InChI=1S/C17H18INO4/c1-4-22-17(21)15-10(2)16(19-11(15)3)14(20)9-23-13-7-5-6-12(18)8-13/h5-8,19H,4,9H2,1-3H3. The van der Waals surface area contributed by atoms with Crippen LogP contribution in [0.25, 0.3) is 0 Å². The first-order chi connectivity index (χ1) is 10.9. The van der Waals surface area contributed by atoms with Crippen molar-refractivity contribution in [2.45, 2.75) is 20.8 Å². The first-order valence-corrected chi connectivity index (χ1v) is 8.29. The van der Waals surface area contributed by atoms with Crippen molar-refractivity contribution in [2.75, 3.05) is 13.2 Å². The molecule has 0 bridgehead atoms. The van der Waals surface area contributed by atoms with Gasteiger partial charge in [-0.1, -0.05) is 6.07 Å². The molecular formula is C17H18INO4. The van der Waals surface area contributed by atoms with Gasteiger partial charge in [0.1, 0.15) is 5.75 Å². The van der Waals surface area contributed by atoms with Crippen LogP contribution in [0.4, 0.5) is 0 Å². The number of ether oxygens (including phenoxy) is 2. The molecule has 1 heterocycles. The van der Waals surface area contributed by atoms with E-state index >= 15 is 0 Å². The largest absolute Gasteiger partial charge is 0.485 e. The summed E-state index contributed by atoms with van der Waals surface area (Å²) >= 11 is 2.18. The lowest BCUT2D eigenvalue weighted by atomic mass is 10.1. The van der Waals surface area contributed by atoms with Crippen LogP contribution >= 0.6 is 22.6 Å². The number of hydrogen-bond acceptors (Lipinski definition) is 4. The summed E-state index contributed by atoms with van der Waals surface area (Å²) in [7, 11) is 0. The summed E-state index contributed by atoms with van der Waals surface area (Å²) in [6.45, 7) is 5.42. The monoisotopic (exact) mass is 427 g/mol. The minimum atomic E-state index is -0.420. The third-order valence-corrected chi connectivity index (χ3v) is 4.03. The van der Waals surface area contributed by atoms with E-state index in [0.717, 1.165) is 3.57 Å². The fourth-order valence-electron chi connectivity index (χ4n) is 2.32. The van der Waals surface area contributed by atoms with Crippen LogP contribution in [0.15, 0.2) is 24.3 Å². The highest BCUT2D eigenvalue weighted by molar-refractivity contribution is 14.1. The van der Waals surface area contributed by atoms with Gasteiger partial charge in [0.2, 0.25) is 5.78 Å². The second kappa shape index (κ2) is 7.63. The molecule has 0 fully saturated rings. The zero-order valence-corrected chi connectivity index (χ0v) is 15.4. The van der Waals surface area contributed by atoms with Gasteiger partial charge in [0.15, 0.2) is 6.61 Å². The molecule has 5 nitrogen and oxygen atoms in total. The van der Waals surface area contributed by atoms with Gasteiger partial charge >= 0.3 is 5.97 Å². The first-order valence-electron chi connectivity index (χ1n) is 7.21. The number of carbonyl (C=O) groups is 2. The van der Waals surface area contributed by atoms with Gasteiger partial charge in [-0.25, -0.2) is 4.79 Å². The van der Waals surface area contributed by atoms with Crippen molar-refractivity contribution in [3.63, 3.8) is 0 Å². The number of esters is 1. The Morgan fingerprint density at radius 3 is 2.65 bits per heavy atom. The van der Waals surface area contributed by atoms with Gasteiger partial charge in [-0.15, -0.1) is 0 Å². The molecule has 1 aromatic carbocycles. The predicted octanol–water partition coefficient (Wildman–Crippen LogP) is 3.67. The van der Waals surface area contributed by atoms with E-state index in [2.05, 4.69) is 27.6 Å². The lowest BCUT2D eigenvalue weighted by Crippen LogP contribution is -2.13. The number of ketones is 1. The summed E-state index contributed by atoms with van der Waals surface area (Å²) in [5.41, 5.74) is 2.02. The predicted molar refractivity (Wildman–Crippen MR) is 95.2 cm³/mol. The minimum absolute atomic E-state index is 0.0941. The highest BCUT2D eigenvalue weighted by Crippen LogP contribution is 2.20. The molecule has 23 heavy (non-hydrogen) atoms. The molecule has 1 aromatic heterocycles. The van der Waals surface area contributed by atoms with Crippen LogP contribution in [0, 0.1) is 17.4 Å². The average molecular weight is 427 g/mol. The lowest BCUT2D eigenvalue weighted by Gasteiger charge is -2.06. The van der Waals surface area contributed by atoms with Gasteiger partial charge in [-0.05, 0) is 67.1 Å². The van der Waals surface area contributed by atoms with E-state index in [-0.39, 0.29) is 12.4 Å². The number of benzene rings is 1. The summed E-state index contributed by atoms with van der Waals surface area (Å²) in [5, 5.41) is 0. The van der Waals surface area contributed by atoms with Crippen molar-refractivity contribution < 1.29 is 19.1 Å². The van der Waals surface area contributed by atoms with Crippen molar-refractivity contribution in [3.8, 4) is 5.75 Å². The van der Waals surface area contributed by atoms with Crippen LogP contribution in [0.3, 0.4) is 0 Å². The number of hydrogen-bond donors (Lipinski definition) is 1. The van der Waals surface area contributed by atoms with Gasteiger partial charge in [-0.3, -0.25) is 4.79 Å². The van der Waals surface area contributed by atoms with Gasteiger partial charge in [-0.2, -0.15) is 0 Å². The highest BCUT2D eigenvalue weighted by Gasteiger charge is 2.22. The second-order valence-electron chi connectivity index (χ2n) is 5.01. The molecule has 0 aliphatic heterocycles. The van der Waals surface area contributed by atoms with Crippen molar-refractivity contribution in [2.24, 2.45) is 0 Å². The maximum atomic E-state index is 12.4. The normalized spacial score (nSPS) is 10.4. The molecule has 0 atom stereocenters. The molecule has 0 spiro atoms. The summed E-state index contributed by atoms with van der Waals surface area (Å²) in [5.74, 6) is 0.00754. The number of carbonyl (C=O) groups excluding carboxylic acids is 2. The summed E-state index contributed by atoms with van der Waals surface area (Å²) in [6.07, 6.45) is 0. The number of Topliss-reactive ketones (excluding diaryl/α,β-unsaturated/α-hetero) is 1. The number of H-pyrrole nitrogens is 1. The minimum Gasteiger partial charge on any atom is -0.485 e. The number of aromatic amines is 1. The smallest absolute Gasteiger partial charge is 0.340 e. The maximum Gasteiger partial charge on any atom is 0.340 e. The van der Waals surface area contributed by atoms with Gasteiger partial charge < -0.3 is 14.5 Å². The van der Waals surface area contributed by atoms with Crippen molar-refractivity contribution in [3.05, 3.63) is 50.4 Å². The topological polar surface area (TPSA) is 68.4 Å². The molecule has 0 radical (unpaired) electrons. The first kappa shape index (κ1) is 17.5. The van der Waals surface area contributed by atoms with Crippen LogP contribution in [-0.4, -0.2) is 30.0 Å². The van der Waals surface area contributed by atoms with Crippen LogP contribution in [0.2, 0.25) is 0 Å². The molecule has 122 valence electrons. The summed E-state index contributed by atoms with van der Waals surface area (Å²) in [4.78, 5) is 27.3. The number of aromatic nitrogens is 1. The molecular weight excluding hydrogens is 409 g/mol. The Morgan fingerprint density at radius 2 is 2.00 bits per heavy atom. The Labute approximate surface area is 148 Å².